The molecule has 0 amide bonds. The zero-order valence-electron chi connectivity index (χ0n) is 10.3. The summed E-state index contributed by atoms with van der Waals surface area (Å²) in [7, 11) is -3.92. The lowest BCUT2D eigenvalue weighted by atomic mass is 10.2. The summed E-state index contributed by atoms with van der Waals surface area (Å²) < 4.78 is 36.5. The molecular weight excluding hydrogens is 274 g/mol. The second-order valence-corrected chi connectivity index (χ2v) is 5.83. The molecule has 0 spiro atoms. The molecule has 0 radical (unpaired) electrons. The first-order valence-corrected chi connectivity index (χ1v) is 6.95. The Bertz CT molecular complexity index is 624. The van der Waals surface area contributed by atoms with Gasteiger partial charge >= 0.3 is 5.97 Å². The highest BCUT2D eigenvalue weighted by Crippen LogP contribution is 2.36. The zero-order chi connectivity index (χ0) is 14.2. The Hall–Kier alpha value is -1.80. The van der Waals surface area contributed by atoms with Crippen LogP contribution in [0.25, 0.3) is 0 Å². The smallest absolute Gasteiger partial charge is 0.321 e. The Balaban J connectivity index is 2.38. The van der Waals surface area contributed by atoms with Gasteiger partial charge in [0, 0.05) is 6.07 Å². The lowest BCUT2D eigenvalue weighted by Crippen LogP contribution is -2.38. The van der Waals surface area contributed by atoms with E-state index in [-0.39, 0.29) is 11.7 Å². The highest BCUT2D eigenvalue weighted by molar-refractivity contribution is 7.89. The number of carbonyl (C=O) groups is 1. The Morgan fingerprint density at radius 3 is 2.53 bits per heavy atom. The van der Waals surface area contributed by atoms with E-state index >= 15 is 0 Å². The molecule has 0 saturated carbocycles. The van der Waals surface area contributed by atoms with Gasteiger partial charge in [-0.1, -0.05) is 0 Å². The molecule has 0 bridgehead atoms. The Kier molecular flexibility index (Phi) is 3.38. The van der Waals surface area contributed by atoms with Crippen molar-refractivity contribution in [2.45, 2.75) is 24.8 Å². The number of carboxylic acid groups (broad SMARTS) is 1. The number of nitrogens with one attached hydrogen (secondary N) is 1. The first kappa shape index (κ1) is 13.6. The molecule has 2 N–H and O–H groups in total. The van der Waals surface area contributed by atoms with Crippen molar-refractivity contribution in [3.05, 3.63) is 17.7 Å². The maximum Gasteiger partial charge on any atom is 0.321 e. The molecule has 1 aromatic carbocycles. The molecule has 1 aromatic rings. The van der Waals surface area contributed by atoms with Crippen LogP contribution in [0, 0.1) is 6.92 Å². The van der Waals surface area contributed by atoms with Gasteiger partial charge in [0.15, 0.2) is 11.5 Å². The number of carboxylic acids is 1. The van der Waals surface area contributed by atoms with Crippen LogP contribution in [-0.4, -0.2) is 32.3 Å². The van der Waals surface area contributed by atoms with Gasteiger partial charge in [-0.25, -0.2) is 8.42 Å². The summed E-state index contributed by atoms with van der Waals surface area (Å²) >= 11 is 0. The van der Waals surface area contributed by atoms with Crippen LogP contribution in [0.3, 0.4) is 0 Å². The molecule has 0 aliphatic carbocycles. The minimum absolute atomic E-state index is 0.0233. The quantitative estimate of drug-likeness (QED) is 0.835. The van der Waals surface area contributed by atoms with E-state index in [1.54, 1.807) is 13.0 Å². The summed E-state index contributed by atoms with van der Waals surface area (Å²) in [5, 5.41) is 8.74. The van der Waals surface area contributed by atoms with Crippen LogP contribution < -0.4 is 14.2 Å². The first-order chi connectivity index (χ1) is 8.81. The largest absolute Gasteiger partial charge is 0.480 e. The molecule has 19 heavy (non-hydrogen) atoms. The molecular formula is C11H13NO6S. The SMILES string of the molecule is Cc1cc2c(cc1S(=O)(=O)N[C@H](C)C(=O)O)OCO2. The van der Waals surface area contributed by atoms with Gasteiger partial charge in [-0.05, 0) is 25.5 Å². The van der Waals surface area contributed by atoms with Gasteiger partial charge in [0.1, 0.15) is 6.04 Å². The second kappa shape index (κ2) is 4.71. The van der Waals surface area contributed by atoms with Crippen molar-refractivity contribution in [2.75, 3.05) is 6.79 Å². The van der Waals surface area contributed by atoms with E-state index in [1.165, 1.54) is 13.0 Å². The molecule has 1 heterocycles. The van der Waals surface area contributed by atoms with Crippen molar-refractivity contribution in [3.8, 4) is 11.5 Å². The molecule has 8 heteroatoms. The van der Waals surface area contributed by atoms with Crippen molar-refractivity contribution in [1.29, 1.82) is 0 Å². The summed E-state index contributed by atoms with van der Waals surface area (Å²) in [5.41, 5.74) is 0.453. The van der Waals surface area contributed by atoms with Gasteiger partial charge in [0.25, 0.3) is 0 Å². The van der Waals surface area contributed by atoms with Crippen LogP contribution in [0.2, 0.25) is 0 Å². The number of hydrogen-bond acceptors (Lipinski definition) is 5. The molecule has 104 valence electrons. The van der Waals surface area contributed by atoms with E-state index in [1.807, 2.05) is 0 Å². The maximum absolute atomic E-state index is 12.1. The molecule has 0 aromatic heterocycles. The third-order valence-electron chi connectivity index (χ3n) is 2.66. The summed E-state index contributed by atoms with van der Waals surface area (Å²) in [5.74, 6) is -0.446. The third-order valence-corrected chi connectivity index (χ3v) is 4.34. The summed E-state index contributed by atoms with van der Waals surface area (Å²) in [6.45, 7) is 2.89. The Morgan fingerprint density at radius 1 is 1.37 bits per heavy atom. The van der Waals surface area contributed by atoms with Crippen molar-refractivity contribution in [3.63, 3.8) is 0 Å². The van der Waals surface area contributed by atoms with Gasteiger partial charge in [0.05, 0.1) is 4.90 Å². The average molecular weight is 287 g/mol. The lowest BCUT2D eigenvalue weighted by molar-refractivity contribution is -0.138. The second-order valence-electron chi connectivity index (χ2n) is 4.15. The summed E-state index contributed by atoms with van der Waals surface area (Å²) in [4.78, 5) is 10.7. The summed E-state index contributed by atoms with van der Waals surface area (Å²) in [6.07, 6.45) is 0. The lowest BCUT2D eigenvalue weighted by Gasteiger charge is -2.12. The predicted octanol–water partition coefficient (Wildman–Crippen LogP) is 0.475. The van der Waals surface area contributed by atoms with Crippen LogP contribution in [-0.2, 0) is 14.8 Å². The van der Waals surface area contributed by atoms with E-state index in [2.05, 4.69) is 4.72 Å². The van der Waals surface area contributed by atoms with E-state index in [0.29, 0.717) is 17.1 Å². The number of benzene rings is 1. The Morgan fingerprint density at radius 2 is 1.95 bits per heavy atom. The zero-order valence-corrected chi connectivity index (χ0v) is 11.2. The number of rotatable bonds is 4. The minimum Gasteiger partial charge on any atom is -0.480 e. The molecule has 1 aliphatic heterocycles. The number of fused-ring (bicyclic) bond motifs is 1. The molecule has 7 nitrogen and oxygen atoms in total. The van der Waals surface area contributed by atoms with E-state index in [9.17, 15) is 13.2 Å². The van der Waals surface area contributed by atoms with Crippen LogP contribution in [0.5, 0.6) is 11.5 Å². The van der Waals surface area contributed by atoms with Crippen LogP contribution >= 0.6 is 0 Å². The number of hydrogen-bond donors (Lipinski definition) is 2. The molecule has 1 atom stereocenters. The van der Waals surface area contributed by atoms with E-state index in [0.717, 1.165) is 0 Å². The highest BCUT2D eigenvalue weighted by Gasteiger charge is 2.26. The van der Waals surface area contributed by atoms with Gasteiger partial charge in [-0.15, -0.1) is 0 Å². The fraction of sp³-hybridized carbons (Fsp3) is 0.364. The van der Waals surface area contributed by atoms with Crippen LogP contribution in [0.4, 0.5) is 0 Å². The van der Waals surface area contributed by atoms with Crippen molar-refractivity contribution in [2.24, 2.45) is 0 Å². The van der Waals surface area contributed by atoms with Crippen molar-refractivity contribution >= 4 is 16.0 Å². The molecule has 0 saturated heterocycles. The number of aliphatic carboxylic acids is 1. The number of ether oxygens (including phenoxy) is 2. The normalized spacial score (nSPS) is 15.3. The fourth-order valence-corrected chi connectivity index (χ4v) is 3.10. The molecule has 0 unspecified atom stereocenters. The standard InChI is InChI=1S/C11H13NO6S/c1-6-3-8-9(18-5-17-8)4-10(6)19(15,16)12-7(2)11(13)14/h3-4,7,12H,5H2,1-2H3,(H,13,14)/t7-/m1/s1. The Labute approximate surface area is 110 Å². The third kappa shape index (κ3) is 2.64. The monoisotopic (exact) mass is 287 g/mol. The number of sulfonamides is 1. The average Bonchev–Trinajstić information content (AvgIpc) is 2.73. The summed E-state index contributed by atoms with van der Waals surface area (Å²) in [6, 6.07) is 1.66. The van der Waals surface area contributed by atoms with Crippen LogP contribution in [0.1, 0.15) is 12.5 Å². The van der Waals surface area contributed by atoms with Crippen molar-refractivity contribution < 1.29 is 27.8 Å². The van der Waals surface area contributed by atoms with Crippen molar-refractivity contribution in [1.82, 2.24) is 4.72 Å². The van der Waals surface area contributed by atoms with E-state index in [4.69, 9.17) is 14.6 Å². The maximum atomic E-state index is 12.1. The number of aryl methyl sites for hydroxylation is 1. The van der Waals surface area contributed by atoms with Crippen LogP contribution in [0.15, 0.2) is 17.0 Å². The molecule has 2 rings (SSSR count). The fourth-order valence-electron chi connectivity index (χ4n) is 1.66. The topological polar surface area (TPSA) is 102 Å². The van der Waals surface area contributed by atoms with Gasteiger partial charge in [-0.3, -0.25) is 4.79 Å². The van der Waals surface area contributed by atoms with Gasteiger partial charge < -0.3 is 14.6 Å². The highest BCUT2D eigenvalue weighted by atomic mass is 32.2. The first-order valence-electron chi connectivity index (χ1n) is 5.46. The predicted molar refractivity (Wildman–Crippen MR) is 64.7 cm³/mol. The molecule has 1 aliphatic rings. The van der Waals surface area contributed by atoms with E-state index < -0.39 is 22.0 Å². The van der Waals surface area contributed by atoms with Gasteiger partial charge in [-0.2, -0.15) is 4.72 Å². The minimum atomic E-state index is -3.92. The molecule has 0 fully saturated rings. The van der Waals surface area contributed by atoms with Gasteiger partial charge in [0.2, 0.25) is 16.8 Å².